The maximum Gasteiger partial charge on any atom is 0.341 e. The molecule has 1 aromatic heterocycles. The molecule has 5 nitrogen and oxygen atoms in total. The van der Waals surface area contributed by atoms with Crippen LogP contribution in [-0.4, -0.2) is 17.7 Å². The summed E-state index contributed by atoms with van der Waals surface area (Å²) < 4.78 is 10.7. The number of hydrogen-bond donors (Lipinski definition) is 1. The van der Waals surface area contributed by atoms with Crippen LogP contribution in [0.25, 0.3) is 21.9 Å². The van der Waals surface area contributed by atoms with Gasteiger partial charge in [-0.15, -0.1) is 0 Å². The van der Waals surface area contributed by atoms with Crippen LogP contribution in [0.4, 0.5) is 0 Å². The van der Waals surface area contributed by atoms with E-state index in [1.54, 1.807) is 24.3 Å². The SMILES string of the molecule is O=C(O)COc1c(Cl)cc2c(=O)c3ccccc3oc2c1Cl. The molecule has 7 heteroatoms. The predicted molar refractivity (Wildman–Crippen MR) is 83.1 cm³/mol. The summed E-state index contributed by atoms with van der Waals surface area (Å²) >= 11 is 12.2. The molecular weight excluding hydrogens is 331 g/mol. The number of benzene rings is 2. The highest BCUT2D eigenvalue weighted by atomic mass is 35.5. The molecule has 0 aliphatic rings. The predicted octanol–water partition coefficient (Wildman–Crippen LogP) is 3.72. The van der Waals surface area contributed by atoms with E-state index in [4.69, 9.17) is 37.5 Å². The van der Waals surface area contributed by atoms with Gasteiger partial charge < -0.3 is 14.3 Å². The molecule has 0 bridgehead atoms. The minimum Gasteiger partial charge on any atom is -0.479 e. The van der Waals surface area contributed by atoms with E-state index in [0.717, 1.165) is 0 Å². The Labute approximate surface area is 133 Å². The molecule has 0 aliphatic carbocycles. The van der Waals surface area contributed by atoms with Crippen LogP contribution in [0.15, 0.2) is 39.5 Å². The van der Waals surface area contributed by atoms with Crippen LogP contribution in [0.2, 0.25) is 10.0 Å². The van der Waals surface area contributed by atoms with Crippen molar-refractivity contribution in [3.63, 3.8) is 0 Å². The van der Waals surface area contributed by atoms with Crippen LogP contribution in [0, 0.1) is 0 Å². The lowest BCUT2D eigenvalue weighted by molar-refractivity contribution is -0.139. The normalized spacial score (nSPS) is 11.0. The van der Waals surface area contributed by atoms with E-state index in [9.17, 15) is 9.59 Å². The molecule has 0 aliphatic heterocycles. The zero-order valence-corrected chi connectivity index (χ0v) is 12.4. The van der Waals surface area contributed by atoms with Gasteiger partial charge in [-0.1, -0.05) is 35.3 Å². The Hall–Kier alpha value is -2.24. The smallest absolute Gasteiger partial charge is 0.341 e. The van der Waals surface area contributed by atoms with Crippen molar-refractivity contribution in [2.45, 2.75) is 0 Å². The summed E-state index contributed by atoms with van der Waals surface area (Å²) in [5.74, 6) is -1.20. The van der Waals surface area contributed by atoms with Gasteiger partial charge >= 0.3 is 5.97 Å². The molecular formula is C15H8Cl2O5. The number of halogens is 2. The summed E-state index contributed by atoms with van der Waals surface area (Å²) in [5, 5.41) is 9.29. The zero-order valence-electron chi connectivity index (χ0n) is 10.9. The van der Waals surface area contributed by atoms with Crippen LogP contribution in [0.3, 0.4) is 0 Å². The Balaban J connectivity index is 2.32. The number of carbonyl (C=O) groups is 1. The molecule has 0 saturated carbocycles. The summed E-state index contributed by atoms with van der Waals surface area (Å²) in [6.45, 7) is -0.608. The summed E-state index contributed by atoms with van der Waals surface area (Å²) in [6, 6.07) is 8.08. The summed E-state index contributed by atoms with van der Waals surface area (Å²) in [7, 11) is 0. The fourth-order valence-electron chi connectivity index (χ4n) is 2.12. The topological polar surface area (TPSA) is 76.7 Å². The first kappa shape index (κ1) is 14.7. The highest BCUT2D eigenvalue weighted by molar-refractivity contribution is 6.40. The standard InChI is InChI=1S/C15H8Cl2O5/c16-9-5-8-13(20)7-3-1-2-4-10(7)22-14(8)12(17)15(9)21-6-11(18)19/h1-5H,6H2,(H,18,19). The minimum absolute atomic E-state index is 0.0309. The van der Waals surface area contributed by atoms with Crippen molar-refractivity contribution >= 4 is 51.1 Å². The Kier molecular flexibility index (Phi) is 3.68. The van der Waals surface area contributed by atoms with Crippen LogP contribution < -0.4 is 10.2 Å². The van der Waals surface area contributed by atoms with Gasteiger partial charge in [-0.25, -0.2) is 4.79 Å². The lowest BCUT2D eigenvalue weighted by atomic mass is 10.1. The second-order valence-electron chi connectivity index (χ2n) is 4.49. The average molecular weight is 339 g/mol. The van der Waals surface area contributed by atoms with Crippen molar-refractivity contribution in [2.24, 2.45) is 0 Å². The van der Waals surface area contributed by atoms with Gasteiger partial charge in [0.1, 0.15) is 10.6 Å². The molecule has 0 spiro atoms. The molecule has 3 rings (SSSR count). The van der Waals surface area contributed by atoms with Gasteiger partial charge in [0.2, 0.25) is 5.43 Å². The fourth-order valence-corrected chi connectivity index (χ4v) is 2.72. The maximum absolute atomic E-state index is 12.5. The molecule has 1 heterocycles. The summed E-state index contributed by atoms with van der Waals surface area (Å²) in [6.07, 6.45) is 0. The molecule has 0 amide bonds. The number of ether oxygens (including phenoxy) is 1. The summed E-state index contributed by atoms with van der Waals surface area (Å²) in [4.78, 5) is 23.1. The molecule has 0 fully saturated rings. The first-order chi connectivity index (χ1) is 10.5. The van der Waals surface area contributed by atoms with E-state index in [1.165, 1.54) is 6.07 Å². The Morgan fingerprint density at radius 3 is 2.68 bits per heavy atom. The lowest BCUT2D eigenvalue weighted by Gasteiger charge is -2.10. The largest absolute Gasteiger partial charge is 0.479 e. The Morgan fingerprint density at radius 1 is 1.23 bits per heavy atom. The Bertz CT molecular complexity index is 961. The fraction of sp³-hybridized carbons (Fsp3) is 0.0667. The zero-order chi connectivity index (χ0) is 15.9. The third-order valence-electron chi connectivity index (χ3n) is 3.06. The highest BCUT2D eigenvalue weighted by Gasteiger charge is 2.18. The van der Waals surface area contributed by atoms with Crippen molar-refractivity contribution in [3.05, 3.63) is 50.6 Å². The van der Waals surface area contributed by atoms with Gasteiger partial charge in [-0.2, -0.15) is 0 Å². The second-order valence-corrected chi connectivity index (χ2v) is 5.27. The van der Waals surface area contributed by atoms with Crippen molar-refractivity contribution in [3.8, 4) is 5.75 Å². The van der Waals surface area contributed by atoms with Gasteiger partial charge in [0, 0.05) is 0 Å². The number of hydrogen-bond acceptors (Lipinski definition) is 4. The number of rotatable bonds is 3. The molecule has 112 valence electrons. The van der Waals surface area contributed by atoms with Gasteiger partial charge in [0.25, 0.3) is 0 Å². The van der Waals surface area contributed by atoms with E-state index in [1.807, 2.05) is 0 Å². The summed E-state index contributed by atoms with van der Waals surface area (Å²) in [5.41, 5.74) is 0.203. The number of fused-ring (bicyclic) bond motifs is 2. The van der Waals surface area contributed by atoms with Crippen molar-refractivity contribution in [1.29, 1.82) is 0 Å². The van der Waals surface area contributed by atoms with Crippen molar-refractivity contribution in [1.82, 2.24) is 0 Å². The van der Waals surface area contributed by atoms with E-state index >= 15 is 0 Å². The van der Waals surface area contributed by atoms with Crippen LogP contribution in [-0.2, 0) is 4.79 Å². The van der Waals surface area contributed by atoms with Gasteiger partial charge in [0.15, 0.2) is 17.9 Å². The molecule has 0 radical (unpaired) electrons. The molecule has 1 N–H and O–H groups in total. The van der Waals surface area contributed by atoms with Gasteiger partial charge in [0.05, 0.1) is 15.8 Å². The van der Waals surface area contributed by atoms with E-state index in [-0.39, 0.29) is 32.2 Å². The minimum atomic E-state index is -1.17. The van der Waals surface area contributed by atoms with Crippen LogP contribution in [0.5, 0.6) is 5.75 Å². The van der Waals surface area contributed by atoms with Crippen molar-refractivity contribution < 1.29 is 19.1 Å². The third-order valence-corrected chi connectivity index (χ3v) is 3.68. The number of carboxylic acids is 1. The lowest BCUT2D eigenvalue weighted by Crippen LogP contribution is -2.10. The Morgan fingerprint density at radius 2 is 1.95 bits per heavy atom. The molecule has 22 heavy (non-hydrogen) atoms. The first-order valence-corrected chi connectivity index (χ1v) is 6.93. The molecule has 0 atom stereocenters. The number of para-hydroxylation sites is 1. The quantitative estimate of drug-likeness (QED) is 0.736. The molecule has 0 unspecified atom stereocenters. The number of aliphatic carboxylic acids is 1. The highest BCUT2D eigenvalue weighted by Crippen LogP contribution is 2.39. The van der Waals surface area contributed by atoms with Crippen molar-refractivity contribution in [2.75, 3.05) is 6.61 Å². The second kappa shape index (κ2) is 5.51. The maximum atomic E-state index is 12.5. The molecule has 0 saturated heterocycles. The first-order valence-electron chi connectivity index (χ1n) is 6.17. The van der Waals surface area contributed by atoms with Crippen LogP contribution >= 0.6 is 23.2 Å². The van der Waals surface area contributed by atoms with Gasteiger partial charge in [-0.05, 0) is 18.2 Å². The van der Waals surface area contributed by atoms with E-state index < -0.39 is 12.6 Å². The van der Waals surface area contributed by atoms with E-state index in [2.05, 4.69) is 0 Å². The van der Waals surface area contributed by atoms with Crippen LogP contribution in [0.1, 0.15) is 0 Å². The monoisotopic (exact) mass is 338 g/mol. The molecule has 2 aromatic carbocycles. The number of carboxylic acid groups (broad SMARTS) is 1. The average Bonchev–Trinajstić information content (AvgIpc) is 2.48. The molecule has 3 aromatic rings. The van der Waals surface area contributed by atoms with Gasteiger partial charge in [-0.3, -0.25) is 4.79 Å². The third kappa shape index (κ3) is 2.38. The van der Waals surface area contributed by atoms with E-state index in [0.29, 0.717) is 11.0 Å².